The number of aromatic nitrogens is 1. The van der Waals surface area contributed by atoms with E-state index in [2.05, 4.69) is 39.6 Å². The van der Waals surface area contributed by atoms with Crippen molar-refractivity contribution in [3.05, 3.63) is 59.3 Å². The van der Waals surface area contributed by atoms with Crippen LogP contribution in [-0.2, 0) is 24.1 Å². The van der Waals surface area contributed by atoms with Gasteiger partial charge < -0.3 is 4.90 Å². The largest absolute Gasteiger partial charge is 0.357 e. The van der Waals surface area contributed by atoms with E-state index in [1.807, 2.05) is 18.3 Å². The topological polar surface area (TPSA) is 71.2 Å². The van der Waals surface area contributed by atoms with Gasteiger partial charge in [-0.3, -0.25) is 10.2 Å². The van der Waals surface area contributed by atoms with Gasteiger partial charge in [-0.25, -0.2) is 10.8 Å². The molecule has 3 N–H and O–H groups in total. The second-order valence-electron chi connectivity index (χ2n) is 6.63. The number of hydrogen-bond donors (Lipinski definition) is 2. The molecular weight excluding hydrogens is 419 g/mol. The highest BCUT2D eigenvalue weighted by Gasteiger charge is 2.11. The van der Waals surface area contributed by atoms with Crippen LogP contribution in [0, 0.1) is 0 Å². The second kappa shape index (κ2) is 13.6. The minimum Gasteiger partial charge on any atom is -0.357 e. The van der Waals surface area contributed by atoms with Gasteiger partial charge in [0, 0.05) is 19.3 Å². The summed E-state index contributed by atoms with van der Waals surface area (Å²) in [6, 6.07) is 12.5. The molecule has 1 saturated heterocycles. The van der Waals surface area contributed by atoms with Crippen LogP contribution in [0.3, 0.4) is 0 Å². The number of amides is 1. The number of carbonyl (C=O) groups excluding carboxylic acids is 1. The van der Waals surface area contributed by atoms with Crippen LogP contribution in [0.2, 0.25) is 0 Å². The van der Waals surface area contributed by atoms with Gasteiger partial charge in [-0.05, 0) is 54.9 Å². The molecule has 156 valence electrons. The van der Waals surface area contributed by atoms with Gasteiger partial charge in [0.2, 0.25) is 5.91 Å². The first-order chi connectivity index (χ1) is 12.2. The lowest BCUT2D eigenvalue weighted by molar-refractivity contribution is -0.120. The molecule has 28 heavy (non-hydrogen) atoms. The summed E-state index contributed by atoms with van der Waals surface area (Å²) >= 11 is 0. The Hall–Kier alpha value is -1.53. The highest BCUT2D eigenvalue weighted by molar-refractivity contribution is 5.86. The lowest BCUT2D eigenvalue weighted by atomic mass is 10.0. The monoisotopic (exact) mass is 446 g/mol. The van der Waals surface area contributed by atoms with Gasteiger partial charge in [-0.2, -0.15) is 0 Å². The van der Waals surface area contributed by atoms with Crippen LogP contribution in [0.5, 0.6) is 0 Å². The van der Waals surface area contributed by atoms with E-state index in [4.69, 9.17) is 5.84 Å². The van der Waals surface area contributed by atoms with Crippen molar-refractivity contribution in [3.8, 4) is 0 Å². The zero-order valence-corrected chi connectivity index (χ0v) is 18.3. The Morgan fingerprint density at radius 2 is 1.46 bits per heavy atom. The summed E-state index contributed by atoms with van der Waals surface area (Å²) in [5.74, 6) is 6.04. The molecule has 1 aliphatic rings. The van der Waals surface area contributed by atoms with Crippen molar-refractivity contribution in [1.29, 1.82) is 0 Å². The molecule has 1 fully saturated rings. The molecule has 5 nitrogen and oxygen atoms in total. The molecule has 8 heteroatoms. The molecule has 2 aromatic rings. The number of rotatable bonds is 6. The van der Waals surface area contributed by atoms with Gasteiger partial charge >= 0.3 is 0 Å². The quantitative estimate of drug-likeness (QED) is 0.403. The number of pyridine rings is 1. The highest BCUT2D eigenvalue weighted by Crippen LogP contribution is 2.18. The summed E-state index contributed by atoms with van der Waals surface area (Å²) < 4.78 is 0. The molecular formula is C20H29Cl3N4O. The van der Waals surface area contributed by atoms with Gasteiger partial charge in [0.1, 0.15) is 5.82 Å². The molecule has 1 amide bonds. The van der Waals surface area contributed by atoms with Crippen molar-refractivity contribution in [2.24, 2.45) is 5.84 Å². The Morgan fingerprint density at radius 1 is 0.893 bits per heavy atom. The zero-order valence-electron chi connectivity index (χ0n) is 15.8. The summed E-state index contributed by atoms with van der Waals surface area (Å²) in [6.07, 6.45) is 8.13. The minimum atomic E-state index is -0.174. The Morgan fingerprint density at radius 3 is 2.04 bits per heavy atom. The first-order valence-electron chi connectivity index (χ1n) is 9.02. The number of aryl methyl sites for hydroxylation is 2. The van der Waals surface area contributed by atoms with Gasteiger partial charge in [0.15, 0.2) is 0 Å². The first-order valence-corrected chi connectivity index (χ1v) is 9.02. The fourth-order valence-electron chi connectivity index (χ4n) is 3.22. The highest BCUT2D eigenvalue weighted by atomic mass is 35.5. The smallest absolute Gasteiger partial charge is 0.238 e. The number of carbonyl (C=O) groups is 1. The SMILES string of the molecule is Cl.Cl.Cl.NNC(=O)Cc1ccc(CCc2ccc(N3CCCCC3)nc2)cc1. The van der Waals surface area contributed by atoms with E-state index in [0.29, 0.717) is 6.42 Å². The number of halogens is 3. The zero-order chi connectivity index (χ0) is 17.5. The summed E-state index contributed by atoms with van der Waals surface area (Å²) in [5, 5.41) is 0. The molecule has 0 radical (unpaired) electrons. The van der Waals surface area contributed by atoms with E-state index in [-0.39, 0.29) is 43.1 Å². The number of anilines is 1. The van der Waals surface area contributed by atoms with E-state index in [0.717, 1.165) is 37.3 Å². The van der Waals surface area contributed by atoms with E-state index in [1.165, 1.54) is 30.4 Å². The summed E-state index contributed by atoms with van der Waals surface area (Å²) in [4.78, 5) is 18.3. The fourth-order valence-corrected chi connectivity index (χ4v) is 3.22. The Kier molecular flexibility index (Phi) is 12.9. The van der Waals surface area contributed by atoms with Crippen molar-refractivity contribution in [2.75, 3.05) is 18.0 Å². The third-order valence-corrected chi connectivity index (χ3v) is 4.74. The number of nitrogens with one attached hydrogen (secondary N) is 1. The molecule has 0 spiro atoms. The summed E-state index contributed by atoms with van der Waals surface area (Å²) in [6.45, 7) is 2.25. The molecule has 1 aromatic heterocycles. The van der Waals surface area contributed by atoms with Crippen molar-refractivity contribution in [3.63, 3.8) is 0 Å². The van der Waals surface area contributed by atoms with Crippen molar-refractivity contribution in [2.45, 2.75) is 38.5 Å². The fraction of sp³-hybridized carbons (Fsp3) is 0.400. The van der Waals surface area contributed by atoms with Gasteiger partial charge in [0.25, 0.3) is 0 Å². The van der Waals surface area contributed by atoms with E-state index < -0.39 is 0 Å². The van der Waals surface area contributed by atoms with Crippen LogP contribution in [0.25, 0.3) is 0 Å². The Bertz CT molecular complexity index is 690. The third-order valence-electron chi connectivity index (χ3n) is 4.74. The van der Waals surface area contributed by atoms with Gasteiger partial charge in [-0.15, -0.1) is 37.2 Å². The second-order valence-corrected chi connectivity index (χ2v) is 6.63. The molecule has 0 bridgehead atoms. The van der Waals surface area contributed by atoms with Crippen LogP contribution in [0.1, 0.15) is 36.0 Å². The third kappa shape index (κ3) is 7.84. The molecule has 1 aromatic carbocycles. The molecule has 0 unspecified atom stereocenters. The summed E-state index contributed by atoms with van der Waals surface area (Å²) in [7, 11) is 0. The molecule has 0 saturated carbocycles. The lowest BCUT2D eigenvalue weighted by Crippen LogP contribution is -2.31. The predicted molar refractivity (Wildman–Crippen MR) is 122 cm³/mol. The maximum Gasteiger partial charge on any atom is 0.238 e. The lowest BCUT2D eigenvalue weighted by Gasteiger charge is -2.27. The number of nitrogens with zero attached hydrogens (tertiary/aromatic N) is 2. The molecule has 1 aliphatic heterocycles. The number of nitrogens with two attached hydrogens (primary N) is 1. The Balaban J connectivity index is 0.00000243. The average Bonchev–Trinajstić information content (AvgIpc) is 2.68. The minimum absolute atomic E-state index is 0. The standard InChI is InChI=1S/C20H26N4O.3ClH/c21-23-20(25)14-17-7-4-16(5-8-17)6-9-18-10-11-19(22-15-18)24-12-2-1-3-13-24;;;/h4-5,7-8,10-11,15H,1-3,6,9,12-14,21H2,(H,23,25);3*1H. The van der Waals surface area contributed by atoms with Gasteiger partial charge in [0.05, 0.1) is 6.42 Å². The normalized spacial score (nSPS) is 12.8. The van der Waals surface area contributed by atoms with Crippen LogP contribution < -0.4 is 16.2 Å². The number of piperidine rings is 1. The maximum atomic E-state index is 11.3. The molecule has 0 atom stereocenters. The Labute approximate surface area is 185 Å². The molecule has 3 rings (SSSR count). The maximum absolute atomic E-state index is 11.3. The molecule has 0 aliphatic carbocycles. The number of hydrazine groups is 1. The first kappa shape index (κ1) is 26.5. The number of hydrogen-bond acceptors (Lipinski definition) is 4. The average molecular weight is 448 g/mol. The van der Waals surface area contributed by atoms with E-state index in [9.17, 15) is 4.79 Å². The van der Waals surface area contributed by atoms with Crippen LogP contribution in [0.15, 0.2) is 42.6 Å². The number of benzene rings is 1. The van der Waals surface area contributed by atoms with Crippen LogP contribution in [0.4, 0.5) is 5.82 Å². The van der Waals surface area contributed by atoms with Crippen molar-refractivity contribution in [1.82, 2.24) is 10.4 Å². The molecule has 2 heterocycles. The van der Waals surface area contributed by atoms with Crippen molar-refractivity contribution < 1.29 is 4.79 Å². The van der Waals surface area contributed by atoms with Crippen LogP contribution >= 0.6 is 37.2 Å². The predicted octanol–water partition coefficient (Wildman–Crippen LogP) is 3.65. The van der Waals surface area contributed by atoms with E-state index in [1.54, 1.807) is 0 Å². The van der Waals surface area contributed by atoms with Crippen molar-refractivity contribution >= 4 is 48.9 Å². The van der Waals surface area contributed by atoms with Crippen LogP contribution in [-0.4, -0.2) is 24.0 Å². The summed E-state index contributed by atoms with van der Waals surface area (Å²) in [5.41, 5.74) is 5.64. The van der Waals surface area contributed by atoms with E-state index >= 15 is 0 Å². The van der Waals surface area contributed by atoms with Gasteiger partial charge in [-0.1, -0.05) is 30.3 Å².